The Kier molecular flexibility index (Phi) is 5.45. The van der Waals surface area contributed by atoms with Crippen molar-refractivity contribution in [2.24, 2.45) is 15.9 Å². The van der Waals surface area contributed by atoms with Gasteiger partial charge in [-0.05, 0) is 34.1 Å². The Morgan fingerprint density at radius 1 is 1.19 bits per heavy atom. The van der Waals surface area contributed by atoms with E-state index in [2.05, 4.69) is 25.1 Å². The number of anilines is 1. The minimum absolute atomic E-state index is 0.00567. The zero-order valence-corrected chi connectivity index (χ0v) is 14.3. The SMILES string of the molecule is N/C(=N/N=C\c1cccc(OCc2ccccc2Cl)c1)c1nonc1N. The van der Waals surface area contributed by atoms with Crippen molar-refractivity contribution >= 4 is 29.5 Å². The van der Waals surface area contributed by atoms with Crippen LogP contribution < -0.4 is 16.2 Å². The Labute approximate surface area is 154 Å². The van der Waals surface area contributed by atoms with Gasteiger partial charge in [0.2, 0.25) is 0 Å². The van der Waals surface area contributed by atoms with Crippen LogP contribution in [0.25, 0.3) is 0 Å². The molecule has 3 rings (SSSR count). The lowest BCUT2D eigenvalue weighted by atomic mass is 10.2. The molecule has 0 atom stereocenters. The fourth-order valence-corrected chi connectivity index (χ4v) is 2.23. The Morgan fingerprint density at radius 3 is 2.81 bits per heavy atom. The summed E-state index contributed by atoms with van der Waals surface area (Å²) in [7, 11) is 0. The topological polar surface area (TPSA) is 125 Å². The molecule has 0 saturated carbocycles. The van der Waals surface area contributed by atoms with Gasteiger partial charge in [-0.25, -0.2) is 4.63 Å². The summed E-state index contributed by atoms with van der Waals surface area (Å²) in [6.45, 7) is 0.365. The molecular formula is C17H15ClN6O2. The summed E-state index contributed by atoms with van der Waals surface area (Å²) in [6, 6.07) is 14.9. The van der Waals surface area contributed by atoms with E-state index in [1.807, 2.05) is 48.5 Å². The van der Waals surface area contributed by atoms with E-state index in [-0.39, 0.29) is 17.3 Å². The van der Waals surface area contributed by atoms with Crippen LogP contribution in [0, 0.1) is 0 Å². The van der Waals surface area contributed by atoms with Crippen LogP contribution in [0.3, 0.4) is 0 Å². The van der Waals surface area contributed by atoms with Crippen molar-refractivity contribution in [3.8, 4) is 5.75 Å². The van der Waals surface area contributed by atoms with Gasteiger partial charge in [-0.2, -0.15) is 5.10 Å². The van der Waals surface area contributed by atoms with Gasteiger partial charge in [0.1, 0.15) is 12.4 Å². The van der Waals surface area contributed by atoms with Crippen LogP contribution >= 0.6 is 11.6 Å². The quantitative estimate of drug-likeness (QED) is 0.390. The first-order valence-corrected chi connectivity index (χ1v) is 7.92. The Hall–Kier alpha value is -3.39. The molecule has 0 saturated heterocycles. The zero-order chi connectivity index (χ0) is 18.4. The van der Waals surface area contributed by atoms with Crippen LogP contribution in [0.4, 0.5) is 5.82 Å². The van der Waals surface area contributed by atoms with Crippen LogP contribution in [0.5, 0.6) is 5.75 Å². The number of hydrogen-bond acceptors (Lipinski definition) is 7. The average Bonchev–Trinajstić information content (AvgIpc) is 3.07. The van der Waals surface area contributed by atoms with E-state index in [0.717, 1.165) is 11.1 Å². The molecule has 0 aliphatic carbocycles. The number of nitrogen functional groups attached to an aromatic ring is 1. The second kappa shape index (κ2) is 8.13. The first-order valence-electron chi connectivity index (χ1n) is 7.54. The van der Waals surface area contributed by atoms with Crippen molar-refractivity contribution in [3.63, 3.8) is 0 Å². The third-order valence-electron chi connectivity index (χ3n) is 3.34. The highest BCUT2D eigenvalue weighted by Gasteiger charge is 2.09. The second-order valence-electron chi connectivity index (χ2n) is 5.18. The smallest absolute Gasteiger partial charge is 0.199 e. The Bertz CT molecular complexity index is 954. The third kappa shape index (κ3) is 4.37. The van der Waals surface area contributed by atoms with Gasteiger partial charge < -0.3 is 16.2 Å². The first-order chi connectivity index (χ1) is 12.6. The number of nitrogens with two attached hydrogens (primary N) is 2. The van der Waals surface area contributed by atoms with E-state index in [1.165, 1.54) is 6.21 Å². The molecule has 8 nitrogen and oxygen atoms in total. The second-order valence-corrected chi connectivity index (χ2v) is 5.59. The maximum absolute atomic E-state index is 6.12. The minimum Gasteiger partial charge on any atom is -0.489 e. The van der Waals surface area contributed by atoms with Crippen LogP contribution in [-0.4, -0.2) is 22.4 Å². The Balaban J connectivity index is 1.65. The van der Waals surface area contributed by atoms with Crippen LogP contribution in [0.1, 0.15) is 16.8 Å². The molecule has 1 heterocycles. The molecule has 0 radical (unpaired) electrons. The minimum atomic E-state index is 0.00567. The lowest BCUT2D eigenvalue weighted by molar-refractivity contribution is 0.306. The number of ether oxygens (including phenoxy) is 1. The molecule has 132 valence electrons. The number of halogens is 1. The molecular weight excluding hydrogens is 356 g/mol. The summed E-state index contributed by atoms with van der Waals surface area (Å²) in [5, 5.41) is 15.4. The summed E-state index contributed by atoms with van der Waals surface area (Å²) in [6.07, 6.45) is 1.53. The van der Waals surface area contributed by atoms with Gasteiger partial charge in [0.15, 0.2) is 17.3 Å². The highest BCUT2D eigenvalue weighted by atomic mass is 35.5. The predicted octanol–water partition coefficient (Wildman–Crippen LogP) is 2.62. The van der Waals surface area contributed by atoms with Crippen molar-refractivity contribution in [1.29, 1.82) is 0 Å². The monoisotopic (exact) mass is 370 g/mol. The summed E-state index contributed by atoms with van der Waals surface area (Å²) >= 11 is 6.12. The van der Waals surface area contributed by atoms with Crippen LogP contribution in [0.2, 0.25) is 5.02 Å². The highest BCUT2D eigenvalue weighted by Crippen LogP contribution is 2.19. The van der Waals surface area contributed by atoms with Crippen molar-refractivity contribution in [2.45, 2.75) is 6.61 Å². The van der Waals surface area contributed by atoms with E-state index in [4.69, 9.17) is 27.8 Å². The maximum Gasteiger partial charge on any atom is 0.199 e. The molecule has 0 amide bonds. The number of hydrogen-bond donors (Lipinski definition) is 2. The van der Waals surface area contributed by atoms with Gasteiger partial charge in [-0.1, -0.05) is 41.9 Å². The van der Waals surface area contributed by atoms with Crippen molar-refractivity contribution < 1.29 is 9.37 Å². The lowest BCUT2D eigenvalue weighted by Gasteiger charge is -2.08. The van der Waals surface area contributed by atoms with Gasteiger partial charge in [0, 0.05) is 10.6 Å². The summed E-state index contributed by atoms with van der Waals surface area (Å²) in [5.74, 6) is 0.735. The molecule has 3 aromatic rings. The van der Waals surface area contributed by atoms with Gasteiger partial charge >= 0.3 is 0 Å². The standard InChI is InChI=1S/C17H15ClN6O2/c18-14-7-2-1-5-12(14)10-25-13-6-3-4-11(8-13)9-21-22-16(19)15-17(20)24-26-23-15/h1-9H,10H2,(H2,19,22)(H2,20,24)/b21-9-. The van der Waals surface area contributed by atoms with E-state index >= 15 is 0 Å². The van der Waals surface area contributed by atoms with Gasteiger partial charge in [0.05, 0.1) is 6.21 Å². The molecule has 0 unspecified atom stereocenters. The van der Waals surface area contributed by atoms with E-state index in [0.29, 0.717) is 17.4 Å². The lowest BCUT2D eigenvalue weighted by Crippen LogP contribution is -2.15. The molecule has 0 fully saturated rings. The van der Waals surface area contributed by atoms with E-state index < -0.39 is 0 Å². The fourth-order valence-electron chi connectivity index (χ4n) is 2.04. The summed E-state index contributed by atoms with van der Waals surface area (Å²) < 4.78 is 10.2. The van der Waals surface area contributed by atoms with Crippen LogP contribution in [0.15, 0.2) is 63.4 Å². The third-order valence-corrected chi connectivity index (χ3v) is 3.71. The number of aromatic nitrogens is 2. The summed E-state index contributed by atoms with van der Waals surface area (Å²) in [5.41, 5.74) is 13.1. The molecule has 9 heteroatoms. The molecule has 1 aromatic heterocycles. The zero-order valence-electron chi connectivity index (χ0n) is 13.5. The average molecular weight is 371 g/mol. The molecule has 0 bridgehead atoms. The Morgan fingerprint density at radius 2 is 2.04 bits per heavy atom. The molecule has 2 aromatic carbocycles. The number of amidine groups is 1. The molecule has 0 spiro atoms. The summed E-state index contributed by atoms with van der Waals surface area (Å²) in [4.78, 5) is 0. The maximum atomic E-state index is 6.12. The number of nitrogens with zero attached hydrogens (tertiary/aromatic N) is 4. The molecule has 0 aliphatic heterocycles. The normalized spacial score (nSPS) is 11.8. The first kappa shape index (κ1) is 17.4. The van der Waals surface area contributed by atoms with E-state index in [1.54, 1.807) is 0 Å². The number of rotatable bonds is 6. The van der Waals surface area contributed by atoms with Crippen molar-refractivity contribution in [3.05, 3.63) is 70.4 Å². The van der Waals surface area contributed by atoms with Gasteiger partial charge in [-0.3, -0.25) is 0 Å². The molecule has 0 aliphatic rings. The van der Waals surface area contributed by atoms with Gasteiger partial charge in [-0.15, -0.1) is 5.10 Å². The largest absolute Gasteiger partial charge is 0.489 e. The fraction of sp³-hybridized carbons (Fsp3) is 0.0588. The predicted molar refractivity (Wildman–Crippen MR) is 99.3 cm³/mol. The number of benzene rings is 2. The van der Waals surface area contributed by atoms with Crippen molar-refractivity contribution in [1.82, 2.24) is 10.3 Å². The molecule has 4 N–H and O–H groups in total. The van der Waals surface area contributed by atoms with Crippen molar-refractivity contribution in [2.75, 3.05) is 5.73 Å². The molecule has 26 heavy (non-hydrogen) atoms. The highest BCUT2D eigenvalue weighted by molar-refractivity contribution is 6.31. The van der Waals surface area contributed by atoms with E-state index in [9.17, 15) is 0 Å². The van der Waals surface area contributed by atoms with Gasteiger partial charge in [0.25, 0.3) is 0 Å². The van der Waals surface area contributed by atoms with Crippen LogP contribution in [-0.2, 0) is 6.61 Å².